The van der Waals surface area contributed by atoms with Crippen molar-refractivity contribution in [3.05, 3.63) is 88.4 Å². The SMILES string of the molecule is CC(CNc1cccc(OCc2ccccc2)c1)Oc1ccc(Cl)cc1Cl. The minimum atomic E-state index is -0.0717. The predicted octanol–water partition coefficient (Wildman–Crippen LogP) is 6.45. The highest BCUT2D eigenvalue weighted by atomic mass is 35.5. The van der Waals surface area contributed by atoms with Gasteiger partial charge in [0.1, 0.15) is 24.2 Å². The summed E-state index contributed by atoms with van der Waals surface area (Å²) in [7, 11) is 0. The molecule has 0 aliphatic rings. The summed E-state index contributed by atoms with van der Waals surface area (Å²) in [6.45, 7) is 3.15. The maximum Gasteiger partial charge on any atom is 0.138 e. The van der Waals surface area contributed by atoms with Crippen LogP contribution in [0, 0.1) is 0 Å². The lowest BCUT2D eigenvalue weighted by molar-refractivity contribution is 0.235. The third-order valence-electron chi connectivity index (χ3n) is 3.90. The molecule has 140 valence electrons. The van der Waals surface area contributed by atoms with Crippen LogP contribution < -0.4 is 14.8 Å². The molecule has 0 amide bonds. The zero-order valence-electron chi connectivity index (χ0n) is 15.0. The van der Waals surface area contributed by atoms with Crippen LogP contribution in [0.2, 0.25) is 10.0 Å². The van der Waals surface area contributed by atoms with Crippen molar-refractivity contribution in [1.82, 2.24) is 0 Å². The third kappa shape index (κ3) is 6.09. The summed E-state index contributed by atoms with van der Waals surface area (Å²) in [5, 5.41) is 4.45. The first-order chi connectivity index (χ1) is 13.1. The maximum absolute atomic E-state index is 6.15. The van der Waals surface area contributed by atoms with Crippen LogP contribution in [0.3, 0.4) is 0 Å². The van der Waals surface area contributed by atoms with Crippen LogP contribution in [0.5, 0.6) is 11.5 Å². The van der Waals surface area contributed by atoms with Crippen molar-refractivity contribution in [2.75, 3.05) is 11.9 Å². The number of rotatable bonds is 8. The predicted molar refractivity (Wildman–Crippen MR) is 112 cm³/mol. The quantitative estimate of drug-likeness (QED) is 0.470. The van der Waals surface area contributed by atoms with E-state index in [1.807, 2.05) is 61.5 Å². The molecule has 0 spiro atoms. The summed E-state index contributed by atoms with van der Waals surface area (Å²) < 4.78 is 11.7. The van der Waals surface area contributed by atoms with Crippen molar-refractivity contribution >= 4 is 28.9 Å². The van der Waals surface area contributed by atoms with Gasteiger partial charge in [0.2, 0.25) is 0 Å². The molecule has 0 aliphatic heterocycles. The van der Waals surface area contributed by atoms with Gasteiger partial charge in [0.05, 0.1) is 11.6 Å². The van der Waals surface area contributed by atoms with Crippen LogP contribution in [0.4, 0.5) is 5.69 Å². The molecular weight excluding hydrogens is 381 g/mol. The van der Waals surface area contributed by atoms with Gasteiger partial charge in [-0.25, -0.2) is 0 Å². The Labute approximate surface area is 169 Å². The lowest BCUT2D eigenvalue weighted by atomic mass is 10.2. The van der Waals surface area contributed by atoms with Gasteiger partial charge < -0.3 is 14.8 Å². The minimum Gasteiger partial charge on any atom is -0.489 e. The van der Waals surface area contributed by atoms with E-state index in [-0.39, 0.29) is 6.10 Å². The topological polar surface area (TPSA) is 30.5 Å². The summed E-state index contributed by atoms with van der Waals surface area (Å²) >= 11 is 12.1. The molecule has 0 aliphatic carbocycles. The van der Waals surface area contributed by atoms with E-state index in [2.05, 4.69) is 5.32 Å². The van der Waals surface area contributed by atoms with Crippen LogP contribution in [0.1, 0.15) is 12.5 Å². The molecule has 0 saturated carbocycles. The lowest BCUT2D eigenvalue weighted by Crippen LogP contribution is -2.22. The van der Waals surface area contributed by atoms with E-state index in [9.17, 15) is 0 Å². The van der Waals surface area contributed by atoms with Crippen molar-refractivity contribution in [3.63, 3.8) is 0 Å². The average Bonchev–Trinajstić information content (AvgIpc) is 2.68. The Morgan fingerprint density at radius 3 is 2.52 bits per heavy atom. The number of nitrogens with one attached hydrogen (secondary N) is 1. The van der Waals surface area contributed by atoms with Crippen LogP contribution in [0.25, 0.3) is 0 Å². The number of anilines is 1. The van der Waals surface area contributed by atoms with Gasteiger partial charge in [-0.1, -0.05) is 59.6 Å². The third-order valence-corrected chi connectivity index (χ3v) is 4.43. The fraction of sp³-hybridized carbons (Fsp3) is 0.182. The van der Waals surface area contributed by atoms with E-state index >= 15 is 0 Å². The van der Waals surface area contributed by atoms with Gasteiger partial charge in [-0.15, -0.1) is 0 Å². The molecule has 0 fully saturated rings. The first-order valence-electron chi connectivity index (χ1n) is 8.72. The Hall–Kier alpha value is -2.36. The Bertz CT molecular complexity index is 871. The van der Waals surface area contributed by atoms with E-state index in [0.717, 1.165) is 17.0 Å². The first kappa shape index (κ1) is 19.4. The van der Waals surface area contributed by atoms with E-state index in [0.29, 0.717) is 28.9 Å². The Morgan fingerprint density at radius 2 is 1.74 bits per heavy atom. The van der Waals surface area contributed by atoms with Gasteiger partial charge in [-0.2, -0.15) is 0 Å². The van der Waals surface area contributed by atoms with Crippen LogP contribution in [-0.2, 0) is 6.61 Å². The van der Waals surface area contributed by atoms with Gasteiger partial charge in [0.25, 0.3) is 0 Å². The fourth-order valence-electron chi connectivity index (χ4n) is 2.53. The smallest absolute Gasteiger partial charge is 0.138 e. The van der Waals surface area contributed by atoms with Crippen LogP contribution >= 0.6 is 23.2 Å². The monoisotopic (exact) mass is 401 g/mol. The summed E-state index contributed by atoms with van der Waals surface area (Å²) in [5.41, 5.74) is 2.11. The number of hydrogen-bond acceptors (Lipinski definition) is 3. The highest BCUT2D eigenvalue weighted by molar-refractivity contribution is 6.35. The molecule has 0 saturated heterocycles. The van der Waals surface area contributed by atoms with Gasteiger partial charge in [0, 0.05) is 16.8 Å². The van der Waals surface area contributed by atoms with E-state index in [1.165, 1.54) is 0 Å². The second-order valence-corrected chi connectivity index (χ2v) is 7.03. The molecule has 0 aromatic heterocycles. The molecule has 27 heavy (non-hydrogen) atoms. The van der Waals surface area contributed by atoms with E-state index in [4.69, 9.17) is 32.7 Å². The normalized spacial score (nSPS) is 11.7. The van der Waals surface area contributed by atoms with Crippen molar-refractivity contribution in [2.24, 2.45) is 0 Å². The zero-order valence-corrected chi connectivity index (χ0v) is 16.5. The van der Waals surface area contributed by atoms with E-state index in [1.54, 1.807) is 18.2 Å². The molecule has 0 radical (unpaired) electrons. The second-order valence-electron chi connectivity index (χ2n) is 6.19. The van der Waals surface area contributed by atoms with Crippen molar-refractivity contribution in [2.45, 2.75) is 19.6 Å². The molecule has 3 rings (SSSR count). The van der Waals surface area contributed by atoms with Gasteiger partial charge >= 0.3 is 0 Å². The second kappa shape index (κ2) is 9.54. The molecule has 1 unspecified atom stereocenters. The average molecular weight is 402 g/mol. The van der Waals surface area contributed by atoms with E-state index < -0.39 is 0 Å². The Morgan fingerprint density at radius 1 is 0.926 bits per heavy atom. The Balaban J connectivity index is 1.51. The molecular formula is C22H21Cl2NO2. The van der Waals surface area contributed by atoms with Crippen LogP contribution in [0.15, 0.2) is 72.8 Å². The summed E-state index contributed by atoms with van der Waals surface area (Å²) in [6.07, 6.45) is -0.0717. The number of halogens is 2. The minimum absolute atomic E-state index is 0.0717. The largest absolute Gasteiger partial charge is 0.489 e. The van der Waals surface area contributed by atoms with Crippen LogP contribution in [-0.4, -0.2) is 12.6 Å². The number of ether oxygens (including phenoxy) is 2. The Kier molecular flexibility index (Phi) is 6.86. The molecule has 0 bridgehead atoms. The standard InChI is InChI=1S/C22H21Cl2NO2/c1-16(27-22-11-10-18(23)12-21(22)24)14-25-19-8-5-9-20(13-19)26-15-17-6-3-2-4-7-17/h2-13,16,25H,14-15H2,1H3. The molecule has 3 aromatic rings. The molecule has 3 nitrogen and oxygen atoms in total. The lowest BCUT2D eigenvalue weighted by Gasteiger charge is -2.17. The molecule has 1 N–H and O–H groups in total. The molecule has 5 heteroatoms. The van der Waals surface area contributed by atoms with Gasteiger partial charge in [-0.3, -0.25) is 0 Å². The fourth-order valence-corrected chi connectivity index (χ4v) is 2.98. The van der Waals surface area contributed by atoms with Crippen molar-refractivity contribution < 1.29 is 9.47 Å². The summed E-state index contributed by atoms with van der Waals surface area (Å²) in [6, 6.07) is 23.2. The summed E-state index contributed by atoms with van der Waals surface area (Å²) in [5.74, 6) is 1.44. The highest BCUT2D eigenvalue weighted by Crippen LogP contribution is 2.28. The highest BCUT2D eigenvalue weighted by Gasteiger charge is 2.08. The summed E-state index contributed by atoms with van der Waals surface area (Å²) in [4.78, 5) is 0. The molecule has 3 aromatic carbocycles. The van der Waals surface area contributed by atoms with Gasteiger partial charge in [-0.05, 0) is 42.8 Å². The van der Waals surface area contributed by atoms with Gasteiger partial charge in [0.15, 0.2) is 0 Å². The molecule has 0 heterocycles. The first-order valence-corrected chi connectivity index (χ1v) is 9.48. The van der Waals surface area contributed by atoms with Crippen molar-refractivity contribution in [1.29, 1.82) is 0 Å². The zero-order chi connectivity index (χ0) is 19.1. The maximum atomic E-state index is 6.15. The number of hydrogen-bond donors (Lipinski definition) is 1. The number of benzene rings is 3. The van der Waals surface area contributed by atoms with Crippen molar-refractivity contribution in [3.8, 4) is 11.5 Å². The molecule has 1 atom stereocenters.